The Kier molecular flexibility index (Phi) is 5.70. The fourth-order valence-corrected chi connectivity index (χ4v) is 3.30. The van der Waals surface area contributed by atoms with Crippen LogP contribution >= 0.6 is 22.9 Å². The molecule has 1 aromatic carbocycles. The lowest BCUT2D eigenvalue weighted by Crippen LogP contribution is -2.24. The van der Waals surface area contributed by atoms with Gasteiger partial charge in [-0.2, -0.15) is 5.10 Å². The third-order valence-electron chi connectivity index (χ3n) is 3.66. The minimum Gasteiger partial charge on any atom is -0.484 e. The number of carbonyl (C=O) groups is 1. The maximum atomic E-state index is 11.8. The zero-order valence-corrected chi connectivity index (χ0v) is 15.8. The summed E-state index contributed by atoms with van der Waals surface area (Å²) in [6.07, 6.45) is 3.39. The first kappa shape index (κ1) is 18.2. The van der Waals surface area contributed by atoms with Gasteiger partial charge in [-0.05, 0) is 44.2 Å². The lowest BCUT2D eigenvalue weighted by molar-refractivity contribution is -0.123. The highest BCUT2D eigenvalue weighted by atomic mass is 35.5. The molecule has 0 saturated heterocycles. The predicted molar refractivity (Wildman–Crippen MR) is 104 cm³/mol. The normalized spacial score (nSPS) is 11.0. The summed E-state index contributed by atoms with van der Waals surface area (Å²) in [4.78, 5) is 16.2. The van der Waals surface area contributed by atoms with Crippen molar-refractivity contribution in [3.05, 3.63) is 63.9 Å². The number of aryl methyl sites for hydroxylation is 1. The van der Waals surface area contributed by atoms with Gasteiger partial charge in [0.1, 0.15) is 5.75 Å². The summed E-state index contributed by atoms with van der Waals surface area (Å²) >= 11 is 7.36. The van der Waals surface area contributed by atoms with Crippen molar-refractivity contribution in [2.75, 3.05) is 6.61 Å². The van der Waals surface area contributed by atoms with Crippen molar-refractivity contribution in [1.29, 1.82) is 0 Å². The zero-order valence-electron chi connectivity index (χ0n) is 14.3. The van der Waals surface area contributed by atoms with Gasteiger partial charge in [-0.15, -0.1) is 11.3 Å². The van der Waals surface area contributed by atoms with Gasteiger partial charge in [0, 0.05) is 33.6 Å². The molecular weight excluding hydrogens is 372 g/mol. The number of aromatic nitrogens is 2. The van der Waals surface area contributed by atoms with E-state index in [9.17, 15) is 4.79 Å². The lowest BCUT2D eigenvalue weighted by Gasteiger charge is -2.05. The zero-order chi connectivity index (χ0) is 18.5. The van der Waals surface area contributed by atoms with E-state index in [4.69, 9.17) is 16.3 Å². The van der Waals surface area contributed by atoms with E-state index in [1.165, 1.54) is 0 Å². The number of thiazole rings is 1. The van der Waals surface area contributed by atoms with Crippen molar-refractivity contribution in [1.82, 2.24) is 15.0 Å². The number of halogens is 1. The van der Waals surface area contributed by atoms with Crippen LogP contribution in [0.2, 0.25) is 5.02 Å². The third-order valence-corrected chi connectivity index (χ3v) is 4.67. The van der Waals surface area contributed by atoms with E-state index < -0.39 is 0 Å². The first-order valence-electron chi connectivity index (χ1n) is 7.83. The van der Waals surface area contributed by atoms with Gasteiger partial charge in [0.2, 0.25) is 0 Å². The first-order valence-corrected chi connectivity index (χ1v) is 9.09. The number of amides is 1. The Morgan fingerprint density at radius 2 is 2.15 bits per heavy atom. The largest absolute Gasteiger partial charge is 0.484 e. The molecule has 2 aromatic heterocycles. The van der Waals surface area contributed by atoms with Crippen molar-refractivity contribution in [3.8, 4) is 10.9 Å². The number of rotatable bonds is 6. The van der Waals surface area contributed by atoms with E-state index in [0.29, 0.717) is 10.8 Å². The average molecular weight is 389 g/mol. The molecule has 0 spiro atoms. The smallest absolute Gasteiger partial charge is 0.277 e. The van der Waals surface area contributed by atoms with Gasteiger partial charge in [-0.25, -0.2) is 10.4 Å². The first-order chi connectivity index (χ1) is 12.5. The third kappa shape index (κ3) is 4.30. The van der Waals surface area contributed by atoms with Crippen LogP contribution in [0.1, 0.15) is 17.0 Å². The van der Waals surface area contributed by atoms with Gasteiger partial charge >= 0.3 is 0 Å². The maximum absolute atomic E-state index is 11.8. The Morgan fingerprint density at radius 3 is 2.85 bits per heavy atom. The standard InChI is InChI=1S/C18H17ClN4O2S/c1-12-9-14(13(2)23(12)18-20-7-8-26-18)10-21-22-17(24)11-25-16-5-3-15(19)4-6-16/h3-10H,11H2,1-2H3,(H,22,24)/b21-10-. The number of hydrogen-bond acceptors (Lipinski definition) is 5. The van der Waals surface area contributed by atoms with Gasteiger partial charge in [-0.1, -0.05) is 11.6 Å². The molecule has 0 aliphatic rings. The summed E-state index contributed by atoms with van der Waals surface area (Å²) in [6, 6.07) is 8.80. The minimum absolute atomic E-state index is 0.128. The van der Waals surface area contributed by atoms with Crippen molar-refractivity contribution < 1.29 is 9.53 Å². The topological polar surface area (TPSA) is 68.5 Å². The van der Waals surface area contributed by atoms with Gasteiger partial charge in [0.15, 0.2) is 11.7 Å². The molecule has 0 fully saturated rings. The molecule has 0 radical (unpaired) electrons. The van der Waals surface area contributed by atoms with Gasteiger partial charge in [0.05, 0.1) is 6.21 Å². The Hall–Kier alpha value is -2.64. The number of hydrogen-bond donors (Lipinski definition) is 1. The molecule has 0 saturated carbocycles. The summed E-state index contributed by atoms with van der Waals surface area (Å²) in [5.41, 5.74) is 5.43. The maximum Gasteiger partial charge on any atom is 0.277 e. The van der Waals surface area contributed by atoms with Crippen molar-refractivity contribution in [2.24, 2.45) is 5.10 Å². The van der Waals surface area contributed by atoms with E-state index in [1.54, 1.807) is 48.0 Å². The summed E-state index contributed by atoms with van der Waals surface area (Å²) in [6.45, 7) is 3.86. The molecule has 0 atom stereocenters. The second-order valence-electron chi connectivity index (χ2n) is 5.51. The van der Waals surface area contributed by atoms with Gasteiger partial charge < -0.3 is 4.74 Å². The number of nitrogens with one attached hydrogen (secondary N) is 1. The van der Waals surface area contributed by atoms with E-state index in [1.807, 2.05) is 25.3 Å². The van der Waals surface area contributed by atoms with Crippen LogP contribution < -0.4 is 10.2 Å². The number of ether oxygens (including phenoxy) is 1. The van der Waals surface area contributed by atoms with Crippen molar-refractivity contribution in [3.63, 3.8) is 0 Å². The van der Waals surface area contributed by atoms with Crippen LogP contribution in [-0.4, -0.2) is 28.3 Å². The van der Waals surface area contributed by atoms with Crippen molar-refractivity contribution in [2.45, 2.75) is 13.8 Å². The van der Waals surface area contributed by atoms with Crippen LogP contribution in [0, 0.1) is 13.8 Å². The molecule has 134 valence electrons. The molecule has 3 rings (SSSR count). The highest BCUT2D eigenvalue weighted by Gasteiger charge is 2.11. The summed E-state index contributed by atoms with van der Waals surface area (Å²) in [5, 5.41) is 7.46. The molecule has 1 amide bonds. The quantitative estimate of drug-likeness (QED) is 0.516. The molecule has 0 aliphatic heterocycles. The summed E-state index contributed by atoms with van der Waals surface area (Å²) in [5.74, 6) is 0.227. The minimum atomic E-state index is -0.343. The molecule has 6 nitrogen and oxygen atoms in total. The highest BCUT2D eigenvalue weighted by Crippen LogP contribution is 2.21. The van der Waals surface area contributed by atoms with E-state index in [0.717, 1.165) is 22.1 Å². The molecule has 8 heteroatoms. The molecule has 0 aliphatic carbocycles. The fourth-order valence-electron chi connectivity index (χ4n) is 2.42. The Morgan fingerprint density at radius 1 is 1.38 bits per heavy atom. The van der Waals surface area contributed by atoms with E-state index in [-0.39, 0.29) is 12.5 Å². The second-order valence-corrected chi connectivity index (χ2v) is 6.82. The van der Waals surface area contributed by atoms with E-state index >= 15 is 0 Å². The summed E-state index contributed by atoms with van der Waals surface area (Å²) in [7, 11) is 0. The number of hydrazone groups is 1. The van der Waals surface area contributed by atoms with Gasteiger partial charge in [-0.3, -0.25) is 9.36 Å². The SMILES string of the molecule is Cc1cc(/C=N\NC(=O)COc2ccc(Cl)cc2)c(C)n1-c1nccs1. The van der Waals surface area contributed by atoms with Crippen LogP contribution in [0.25, 0.3) is 5.13 Å². The molecule has 26 heavy (non-hydrogen) atoms. The second kappa shape index (κ2) is 8.16. The molecule has 0 bridgehead atoms. The van der Waals surface area contributed by atoms with E-state index in [2.05, 4.69) is 20.1 Å². The van der Waals surface area contributed by atoms with Crippen LogP contribution in [0.4, 0.5) is 0 Å². The molecule has 2 heterocycles. The monoisotopic (exact) mass is 388 g/mol. The fraction of sp³-hybridized carbons (Fsp3) is 0.167. The Bertz CT molecular complexity index is 918. The summed E-state index contributed by atoms with van der Waals surface area (Å²) < 4.78 is 7.42. The molecule has 1 N–H and O–H groups in total. The van der Waals surface area contributed by atoms with Crippen LogP contribution in [0.3, 0.4) is 0 Å². The number of carbonyl (C=O) groups excluding carboxylic acids is 1. The molecule has 3 aromatic rings. The molecular formula is C18H17ClN4O2S. The lowest BCUT2D eigenvalue weighted by atomic mass is 10.3. The average Bonchev–Trinajstić information content (AvgIpc) is 3.23. The van der Waals surface area contributed by atoms with Gasteiger partial charge in [0.25, 0.3) is 5.91 Å². The Balaban J connectivity index is 1.57. The van der Waals surface area contributed by atoms with Crippen LogP contribution in [0.5, 0.6) is 5.75 Å². The molecule has 0 unspecified atom stereocenters. The number of nitrogens with zero attached hydrogens (tertiary/aromatic N) is 3. The highest BCUT2D eigenvalue weighted by molar-refractivity contribution is 7.12. The number of benzene rings is 1. The Labute approximate surface area is 160 Å². The van der Waals surface area contributed by atoms with Crippen LogP contribution in [0.15, 0.2) is 47.0 Å². The van der Waals surface area contributed by atoms with Crippen LogP contribution in [-0.2, 0) is 4.79 Å². The van der Waals surface area contributed by atoms with Crippen molar-refractivity contribution >= 4 is 35.1 Å². The predicted octanol–water partition coefficient (Wildman–Crippen LogP) is 3.73.